The lowest BCUT2D eigenvalue weighted by Gasteiger charge is -2.25. The second-order valence-corrected chi connectivity index (χ2v) is 13.5. The maximum Gasteiger partial charge on any atom is 0.340 e. The summed E-state index contributed by atoms with van der Waals surface area (Å²) in [4.78, 5) is 23.5. The molecule has 0 aliphatic carbocycles. The van der Waals surface area contributed by atoms with Crippen LogP contribution in [-0.4, -0.2) is 77.5 Å². The van der Waals surface area contributed by atoms with Gasteiger partial charge in [0.05, 0.1) is 29.9 Å². The number of rotatable bonds is 10. The zero-order valence-corrected chi connectivity index (χ0v) is 23.0. The molecule has 0 amide bonds. The highest BCUT2D eigenvalue weighted by Gasteiger charge is 2.56. The molecule has 2 unspecified atom stereocenters. The lowest BCUT2D eigenvalue weighted by molar-refractivity contribution is -0.234. The molecule has 3 aromatic rings. The Balaban J connectivity index is 1.58. The van der Waals surface area contributed by atoms with Crippen LogP contribution in [0.3, 0.4) is 0 Å². The Labute approximate surface area is 226 Å². The molecule has 2 aromatic heterocycles. The van der Waals surface area contributed by atoms with Gasteiger partial charge < -0.3 is 44.2 Å². The van der Waals surface area contributed by atoms with Gasteiger partial charge in [0, 0.05) is 12.7 Å². The summed E-state index contributed by atoms with van der Waals surface area (Å²) in [5, 5.41) is 39.2. The van der Waals surface area contributed by atoms with Gasteiger partial charge in [0.2, 0.25) is 5.79 Å². The Morgan fingerprint density at radius 1 is 1.28 bits per heavy atom. The summed E-state index contributed by atoms with van der Waals surface area (Å²) in [5.41, 5.74) is 0.852. The van der Waals surface area contributed by atoms with Crippen molar-refractivity contribution in [1.29, 1.82) is 0 Å². The van der Waals surface area contributed by atoms with E-state index < -0.39 is 63.8 Å². The predicted octanol–water partition coefficient (Wildman–Crippen LogP) is 2.33. The van der Waals surface area contributed by atoms with Crippen molar-refractivity contribution in [3.8, 4) is 0 Å². The molecule has 1 fully saturated rings. The van der Waals surface area contributed by atoms with Crippen molar-refractivity contribution in [2.75, 3.05) is 24.9 Å². The first-order valence-electron chi connectivity index (χ1n) is 11.3. The fourth-order valence-electron chi connectivity index (χ4n) is 4.04. The Kier molecular flexibility index (Phi) is 8.54. The maximum atomic E-state index is 14.3. The number of aliphatic hydroxyl groups excluding tert-OH is 1. The van der Waals surface area contributed by atoms with Crippen molar-refractivity contribution in [3.05, 3.63) is 53.1 Å². The second-order valence-electron chi connectivity index (χ2n) is 8.84. The summed E-state index contributed by atoms with van der Waals surface area (Å²) in [7, 11) is -8.31. The van der Waals surface area contributed by atoms with Crippen LogP contribution in [0, 0.1) is 5.82 Å². The SMILES string of the molecule is COP(=O)(O)CP(=O)(O)OC[C@H]1O[C@@H](n2ncc3c(N[C@@H](C)c4ccccc4F)cc(Cl)nc32)[C@H](O)C1(O)O. The number of hydrogen-bond acceptors (Lipinski definition) is 11. The van der Waals surface area contributed by atoms with Crippen LogP contribution in [0.2, 0.25) is 5.15 Å². The first-order valence-corrected chi connectivity index (χ1v) is 15.2. The molecule has 1 aliphatic rings. The molecule has 0 spiro atoms. The van der Waals surface area contributed by atoms with Gasteiger partial charge in [-0.3, -0.25) is 9.13 Å². The van der Waals surface area contributed by atoms with Gasteiger partial charge in [-0.2, -0.15) is 5.10 Å². The smallest absolute Gasteiger partial charge is 0.340 e. The van der Waals surface area contributed by atoms with Gasteiger partial charge in [-0.1, -0.05) is 29.8 Å². The standard InChI is InChI=1S/C21H26ClFN4O10P2/c1-11(12-5-3-4-6-14(12)23)25-15-7-17(22)26-19-13(15)8-24-27(19)20-18(28)21(29,30)16(37-20)9-36-39(33,34)10-38(31,32)35-2/h3-8,11,16,18,20,28-30H,9-10H2,1-2H3,(H,25,26)(H,31,32)(H,33,34)/t11-,16+,18-,20+/m0/s1. The summed E-state index contributed by atoms with van der Waals surface area (Å²) >= 11 is 6.21. The van der Waals surface area contributed by atoms with Gasteiger partial charge in [-0.15, -0.1) is 0 Å². The molecule has 1 saturated heterocycles. The van der Waals surface area contributed by atoms with E-state index in [-0.39, 0.29) is 10.8 Å². The van der Waals surface area contributed by atoms with Crippen LogP contribution in [0.1, 0.15) is 24.8 Å². The molecule has 3 heterocycles. The van der Waals surface area contributed by atoms with Crippen LogP contribution in [0.25, 0.3) is 11.0 Å². The minimum Gasteiger partial charge on any atom is -0.383 e. The molecular weight excluding hydrogens is 585 g/mol. The number of ether oxygens (including phenoxy) is 1. The summed E-state index contributed by atoms with van der Waals surface area (Å²) in [6.07, 6.45) is -4.08. The van der Waals surface area contributed by atoms with Crippen LogP contribution < -0.4 is 5.32 Å². The minimum absolute atomic E-state index is 0.00749. The van der Waals surface area contributed by atoms with Crippen LogP contribution in [0.4, 0.5) is 10.1 Å². The van der Waals surface area contributed by atoms with Crippen molar-refractivity contribution in [2.45, 2.75) is 37.2 Å². The number of aromatic nitrogens is 3. The van der Waals surface area contributed by atoms with E-state index in [1.807, 2.05) is 0 Å². The number of benzene rings is 1. The second kappa shape index (κ2) is 11.1. The zero-order valence-electron chi connectivity index (χ0n) is 20.5. The van der Waals surface area contributed by atoms with Gasteiger partial charge in [0.15, 0.2) is 23.9 Å². The molecule has 0 saturated carbocycles. The first-order chi connectivity index (χ1) is 18.1. The third-order valence-electron chi connectivity index (χ3n) is 6.07. The van der Waals surface area contributed by atoms with E-state index in [1.54, 1.807) is 25.1 Å². The average molecular weight is 611 g/mol. The molecule has 6 atom stereocenters. The number of nitrogens with zero attached hydrogens (tertiary/aromatic N) is 3. The molecule has 0 bridgehead atoms. The molecule has 6 N–H and O–H groups in total. The minimum atomic E-state index is -4.74. The summed E-state index contributed by atoms with van der Waals surface area (Å²) in [6, 6.07) is 7.17. The number of nitrogens with one attached hydrogen (secondary N) is 1. The molecule has 1 aromatic carbocycles. The normalized spacial score (nSPS) is 24.8. The predicted molar refractivity (Wildman–Crippen MR) is 136 cm³/mol. The highest BCUT2D eigenvalue weighted by molar-refractivity contribution is 7.70. The molecule has 214 valence electrons. The van der Waals surface area contributed by atoms with Crippen molar-refractivity contribution in [3.63, 3.8) is 0 Å². The van der Waals surface area contributed by atoms with E-state index in [0.29, 0.717) is 16.6 Å². The third-order valence-corrected chi connectivity index (χ3v) is 10.2. The lowest BCUT2D eigenvalue weighted by Crippen LogP contribution is -2.49. The van der Waals surface area contributed by atoms with Crippen LogP contribution in [0.15, 0.2) is 36.5 Å². The Morgan fingerprint density at radius 3 is 2.64 bits per heavy atom. The molecule has 4 rings (SSSR count). The van der Waals surface area contributed by atoms with Crippen molar-refractivity contribution in [1.82, 2.24) is 14.8 Å². The van der Waals surface area contributed by atoms with Crippen LogP contribution in [0.5, 0.6) is 0 Å². The average Bonchev–Trinajstić information content (AvgIpc) is 3.35. The lowest BCUT2D eigenvalue weighted by atomic mass is 10.1. The molecular formula is C21H26ClFN4O10P2. The number of anilines is 1. The Hall–Kier alpha value is -2.00. The van der Waals surface area contributed by atoms with Crippen molar-refractivity contribution < 1.29 is 52.4 Å². The van der Waals surface area contributed by atoms with E-state index in [0.717, 1.165) is 11.8 Å². The number of fused-ring (bicyclic) bond motifs is 1. The first kappa shape index (κ1) is 30.0. The van der Waals surface area contributed by atoms with Crippen LogP contribution >= 0.6 is 26.8 Å². The van der Waals surface area contributed by atoms with E-state index >= 15 is 0 Å². The fourth-order valence-corrected chi connectivity index (χ4v) is 7.19. The Bertz CT molecular complexity index is 1460. The van der Waals surface area contributed by atoms with Gasteiger partial charge in [-0.05, 0) is 19.1 Å². The van der Waals surface area contributed by atoms with Gasteiger partial charge in [0.25, 0.3) is 0 Å². The molecule has 1 aliphatic heterocycles. The number of halogens is 2. The number of hydrogen-bond donors (Lipinski definition) is 6. The number of pyridine rings is 1. The third kappa shape index (κ3) is 6.34. The Morgan fingerprint density at radius 2 is 1.97 bits per heavy atom. The molecule has 18 heteroatoms. The van der Waals surface area contributed by atoms with E-state index in [2.05, 4.69) is 19.9 Å². The molecule has 0 radical (unpaired) electrons. The monoisotopic (exact) mass is 610 g/mol. The van der Waals surface area contributed by atoms with Crippen molar-refractivity contribution in [2.24, 2.45) is 0 Å². The molecule has 14 nitrogen and oxygen atoms in total. The largest absolute Gasteiger partial charge is 0.383 e. The quantitative estimate of drug-likeness (QED) is 0.111. The van der Waals surface area contributed by atoms with E-state index in [9.17, 15) is 38.6 Å². The van der Waals surface area contributed by atoms with E-state index in [1.165, 1.54) is 18.3 Å². The van der Waals surface area contributed by atoms with Crippen molar-refractivity contribution >= 4 is 43.5 Å². The highest BCUT2D eigenvalue weighted by atomic mass is 35.5. The topological polar surface area (TPSA) is 206 Å². The summed E-state index contributed by atoms with van der Waals surface area (Å²) in [5.74, 6) is -4.67. The maximum absolute atomic E-state index is 14.3. The summed E-state index contributed by atoms with van der Waals surface area (Å²) in [6.45, 7) is 0.768. The summed E-state index contributed by atoms with van der Waals surface area (Å²) < 4.78 is 53.6. The number of aliphatic hydroxyl groups is 3. The van der Waals surface area contributed by atoms with Gasteiger partial charge in [-0.25, -0.2) is 14.1 Å². The zero-order chi connectivity index (χ0) is 28.8. The fraction of sp³-hybridized carbons (Fsp3) is 0.429. The van der Waals surface area contributed by atoms with Gasteiger partial charge >= 0.3 is 15.2 Å². The van der Waals surface area contributed by atoms with Crippen LogP contribution in [-0.2, 0) is 22.9 Å². The molecule has 39 heavy (non-hydrogen) atoms. The van der Waals surface area contributed by atoms with Gasteiger partial charge in [0.1, 0.15) is 17.1 Å². The van der Waals surface area contributed by atoms with E-state index in [4.69, 9.17) is 20.9 Å². The highest BCUT2D eigenvalue weighted by Crippen LogP contribution is 2.58.